The molecular weight excluding hydrogens is 575 g/mol. The number of carboxylic acid groups (broad SMARTS) is 1. The van der Waals surface area contributed by atoms with Crippen molar-refractivity contribution in [3.8, 4) is 17.1 Å². The summed E-state index contributed by atoms with van der Waals surface area (Å²) in [4.78, 5) is 33.2. The summed E-state index contributed by atoms with van der Waals surface area (Å²) in [5.74, 6) is 0.623. The molecule has 2 atom stereocenters. The lowest BCUT2D eigenvalue weighted by Crippen LogP contribution is -2.59. The SMILES string of the molecule is COc1cc(C(=O)N2C[C@H](F)C[C@@H](N(C(=O)O)C(C)(C)C)C2)cn2nc(-c3cc4ccc(Cl)nc4n3CC3CC3)c(C)c12. The third-order valence-electron chi connectivity index (χ3n) is 8.44. The van der Waals surface area contributed by atoms with E-state index in [0.29, 0.717) is 22.3 Å². The second-order valence-electron chi connectivity index (χ2n) is 12.7. The Morgan fingerprint density at radius 2 is 1.95 bits per heavy atom. The number of ether oxygens (including phenoxy) is 1. The lowest BCUT2D eigenvalue weighted by atomic mass is 9.96. The summed E-state index contributed by atoms with van der Waals surface area (Å²) in [7, 11) is 1.54. The van der Waals surface area contributed by atoms with E-state index >= 15 is 0 Å². The van der Waals surface area contributed by atoms with E-state index in [1.807, 2.05) is 13.0 Å². The van der Waals surface area contributed by atoms with Gasteiger partial charge in [0.05, 0.1) is 31.0 Å². The van der Waals surface area contributed by atoms with Crippen LogP contribution >= 0.6 is 11.6 Å². The Bertz CT molecular complexity index is 1740. The van der Waals surface area contributed by atoms with E-state index < -0.39 is 29.8 Å². The van der Waals surface area contributed by atoms with Gasteiger partial charge < -0.3 is 19.3 Å². The number of rotatable bonds is 6. The zero-order valence-corrected chi connectivity index (χ0v) is 25.7. The number of piperidine rings is 1. The van der Waals surface area contributed by atoms with Gasteiger partial charge in [-0.1, -0.05) is 11.6 Å². The largest absolute Gasteiger partial charge is 0.494 e. The summed E-state index contributed by atoms with van der Waals surface area (Å²) < 4.78 is 24.5. The summed E-state index contributed by atoms with van der Waals surface area (Å²) in [6.07, 6.45) is 1.51. The Morgan fingerprint density at radius 3 is 2.60 bits per heavy atom. The molecule has 0 radical (unpaired) electrons. The first-order chi connectivity index (χ1) is 20.3. The monoisotopic (exact) mass is 610 g/mol. The highest BCUT2D eigenvalue weighted by atomic mass is 35.5. The molecule has 1 saturated heterocycles. The van der Waals surface area contributed by atoms with Crippen molar-refractivity contribution in [3.63, 3.8) is 0 Å². The molecule has 5 heterocycles. The number of methoxy groups -OCH3 is 1. The number of amides is 2. The molecule has 228 valence electrons. The number of carbonyl (C=O) groups is 2. The molecule has 4 aromatic heterocycles. The minimum atomic E-state index is -1.36. The first kappa shape index (κ1) is 29.2. The van der Waals surface area contributed by atoms with Gasteiger partial charge in [-0.05, 0) is 70.7 Å². The minimum absolute atomic E-state index is 0.0341. The molecule has 0 bridgehead atoms. The molecule has 0 unspecified atom stereocenters. The summed E-state index contributed by atoms with van der Waals surface area (Å²) in [5, 5.41) is 16.2. The standard InChI is InChI=1S/C31H36ClFN6O4/c1-17-26(23-10-19-8-9-25(32)34-28(19)37(23)13-18-6-7-18)35-38-14-20(11-24(43-5)27(17)38)29(40)36-15-21(33)12-22(16-36)39(30(41)42)31(2,3)4/h8-11,14,18,21-22H,6-7,12-13,15-16H2,1-5H3,(H,41,42)/t21-,22-/m1/s1. The number of halogens is 2. The van der Waals surface area contributed by atoms with Crippen molar-refractivity contribution in [2.75, 3.05) is 20.2 Å². The van der Waals surface area contributed by atoms with E-state index in [1.165, 1.54) is 29.8 Å². The Labute approximate surface area is 254 Å². The van der Waals surface area contributed by atoms with Crippen LogP contribution in [0, 0.1) is 12.8 Å². The fourth-order valence-electron chi connectivity index (χ4n) is 6.38. The third-order valence-corrected chi connectivity index (χ3v) is 8.65. The van der Waals surface area contributed by atoms with Gasteiger partial charge in [-0.2, -0.15) is 5.10 Å². The molecule has 2 amide bonds. The zero-order chi connectivity index (χ0) is 30.8. The van der Waals surface area contributed by atoms with E-state index in [2.05, 4.69) is 15.6 Å². The highest BCUT2D eigenvalue weighted by Crippen LogP contribution is 2.38. The van der Waals surface area contributed by atoms with Crippen LogP contribution in [0.4, 0.5) is 9.18 Å². The number of likely N-dealkylation sites (tertiary alicyclic amines) is 1. The molecule has 1 N–H and O–H groups in total. The predicted octanol–water partition coefficient (Wildman–Crippen LogP) is 6.06. The van der Waals surface area contributed by atoms with Crippen LogP contribution in [0.1, 0.15) is 56.0 Å². The van der Waals surface area contributed by atoms with Gasteiger partial charge in [-0.25, -0.2) is 18.7 Å². The van der Waals surface area contributed by atoms with E-state index in [-0.39, 0.29) is 25.1 Å². The first-order valence-electron chi connectivity index (χ1n) is 14.5. The Balaban J connectivity index is 1.39. The fraction of sp³-hybridized carbons (Fsp3) is 0.484. The van der Waals surface area contributed by atoms with E-state index in [9.17, 15) is 19.1 Å². The molecule has 43 heavy (non-hydrogen) atoms. The van der Waals surface area contributed by atoms with E-state index in [4.69, 9.17) is 21.4 Å². The Hall–Kier alpha value is -3.86. The molecule has 12 heteroatoms. The third kappa shape index (κ3) is 5.39. The van der Waals surface area contributed by atoms with Gasteiger partial charge in [0, 0.05) is 42.2 Å². The van der Waals surface area contributed by atoms with Crippen LogP contribution in [-0.2, 0) is 6.54 Å². The van der Waals surface area contributed by atoms with Crippen LogP contribution in [0.5, 0.6) is 5.75 Å². The van der Waals surface area contributed by atoms with Crippen molar-refractivity contribution in [3.05, 3.63) is 46.7 Å². The van der Waals surface area contributed by atoms with Crippen molar-refractivity contribution in [1.82, 2.24) is 29.0 Å². The molecule has 4 aromatic rings. The highest BCUT2D eigenvalue weighted by Gasteiger charge is 2.40. The zero-order valence-electron chi connectivity index (χ0n) is 25.0. The summed E-state index contributed by atoms with van der Waals surface area (Å²) in [6, 6.07) is 6.76. The number of carbonyl (C=O) groups excluding carboxylic acids is 1. The second-order valence-corrected chi connectivity index (χ2v) is 13.1. The number of fused-ring (bicyclic) bond motifs is 2. The quantitative estimate of drug-likeness (QED) is 0.266. The normalized spacial score (nSPS) is 19.3. The smallest absolute Gasteiger partial charge is 0.408 e. The lowest BCUT2D eigenvalue weighted by Gasteiger charge is -2.45. The van der Waals surface area contributed by atoms with Crippen LogP contribution in [-0.4, -0.2) is 84.0 Å². The van der Waals surface area contributed by atoms with Crippen molar-refractivity contribution in [2.24, 2.45) is 5.92 Å². The molecule has 1 saturated carbocycles. The molecule has 2 fully saturated rings. The minimum Gasteiger partial charge on any atom is -0.494 e. The molecule has 6 rings (SSSR count). The number of hydrogen-bond donors (Lipinski definition) is 1. The number of aromatic nitrogens is 4. The summed E-state index contributed by atoms with van der Waals surface area (Å²) >= 11 is 6.27. The van der Waals surface area contributed by atoms with E-state index in [0.717, 1.165) is 34.5 Å². The number of nitrogens with zero attached hydrogens (tertiary/aromatic N) is 6. The second kappa shape index (κ2) is 10.7. The average molecular weight is 611 g/mol. The summed E-state index contributed by atoms with van der Waals surface area (Å²) in [6.45, 7) is 8.04. The fourth-order valence-corrected chi connectivity index (χ4v) is 6.53. The van der Waals surface area contributed by atoms with Crippen LogP contribution in [0.2, 0.25) is 5.15 Å². The van der Waals surface area contributed by atoms with Crippen molar-refractivity contribution < 1.29 is 23.8 Å². The topological polar surface area (TPSA) is 105 Å². The Kier molecular flexibility index (Phi) is 7.27. The average Bonchev–Trinajstić information content (AvgIpc) is 3.61. The highest BCUT2D eigenvalue weighted by molar-refractivity contribution is 6.29. The van der Waals surface area contributed by atoms with Crippen molar-refractivity contribution in [2.45, 2.75) is 71.3 Å². The van der Waals surface area contributed by atoms with Gasteiger partial charge in [0.25, 0.3) is 5.91 Å². The first-order valence-corrected chi connectivity index (χ1v) is 14.9. The van der Waals surface area contributed by atoms with E-state index in [1.54, 1.807) is 43.6 Å². The number of aryl methyl sites for hydroxylation is 1. The van der Waals surface area contributed by atoms with Gasteiger partial charge in [0.2, 0.25) is 0 Å². The summed E-state index contributed by atoms with van der Waals surface area (Å²) in [5.41, 5.74) is 3.56. The Morgan fingerprint density at radius 1 is 1.21 bits per heavy atom. The maximum absolute atomic E-state index is 15.0. The van der Waals surface area contributed by atoms with Gasteiger partial charge >= 0.3 is 6.09 Å². The lowest BCUT2D eigenvalue weighted by molar-refractivity contribution is 0.0125. The van der Waals surface area contributed by atoms with Gasteiger partial charge in [-0.3, -0.25) is 9.69 Å². The molecule has 0 spiro atoms. The molecule has 1 aliphatic heterocycles. The number of pyridine rings is 2. The van der Waals surface area contributed by atoms with Gasteiger partial charge in [0.15, 0.2) is 0 Å². The van der Waals surface area contributed by atoms with Crippen molar-refractivity contribution in [1.29, 1.82) is 0 Å². The number of hydrogen-bond acceptors (Lipinski definition) is 5. The molecular formula is C31H36ClFN6O4. The molecule has 10 nitrogen and oxygen atoms in total. The van der Waals surface area contributed by atoms with Crippen molar-refractivity contribution >= 4 is 40.2 Å². The predicted molar refractivity (Wildman–Crippen MR) is 162 cm³/mol. The molecule has 0 aromatic carbocycles. The van der Waals surface area contributed by atoms with Gasteiger partial charge in [-0.15, -0.1) is 0 Å². The van der Waals surface area contributed by atoms with Crippen LogP contribution < -0.4 is 4.74 Å². The van der Waals surface area contributed by atoms with Crippen LogP contribution in [0.15, 0.2) is 30.5 Å². The maximum Gasteiger partial charge on any atom is 0.408 e. The van der Waals surface area contributed by atoms with Crippen LogP contribution in [0.3, 0.4) is 0 Å². The van der Waals surface area contributed by atoms with Crippen LogP contribution in [0.25, 0.3) is 27.9 Å². The molecule has 2 aliphatic rings. The molecule has 1 aliphatic carbocycles. The number of alkyl halides is 1. The maximum atomic E-state index is 15.0. The van der Waals surface area contributed by atoms with Gasteiger partial charge in [0.1, 0.15) is 33.9 Å².